The molecular formula is C14H26N4O5. The Hall–Kier alpha value is -2.16. The fourth-order valence-corrected chi connectivity index (χ4v) is 1.60. The van der Waals surface area contributed by atoms with E-state index in [1.807, 2.05) is 0 Å². The van der Waals surface area contributed by atoms with Crippen molar-refractivity contribution in [1.82, 2.24) is 16.0 Å². The maximum absolute atomic E-state index is 12.1. The first-order chi connectivity index (χ1) is 10.6. The fourth-order valence-electron chi connectivity index (χ4n) is 1.60. The largest absolute Gasteiger partial charge is 0.480 e. The minimum Gasteiger partial charge on any atom is -0.480 e. The topological polar surface area (TPSA) is 151 Å². The summed E-state index contributed by atoms with van der Waals surface area (Å²) < 4.78 is 0. The zero-order valence-electron chi connectivity index (χ0n) is 13.9. The second kappa shape index (κ2) is 9.78. The second-order valence-corrected chi connectivity index (χ2v) is 5.89. The van der Waals surface area contributed by atoms with Gasteiger partial charge in [-0.15, -0.1) is 0 Å². The summed E-state index contributed by atoms with van der Waals surface area (Å²) in [5, 5.41) is 15.5. The van der Waals surface area contributed by atoms with Gasteiger partial charge in [-0.25, -0.2) is 0 Å². The molecular weight excluding hydrogens is 304 g/mol. The smallest absolute Gasteiger partial charge is 0.322 e. The number of amides is 3. The monoisotopic (exact) mass is 330 g/mol. The molecule has 2 unspecified atom stereocenters. The van der Waals surface area contributed by atoms with Crippen molar-refractivity contribution in [3.63, 3.8) is 0 Å². The van der Waals surface area contributed by atoms with Crippen LogP contribution in [0.1, 0.15) is 27.7 Å². The van der Waals surface area contributed by atoms with E-state index in [2.05, 4.69) is 16.0 Å². The maximum atomic E-state index is 12.1. The van der Waals surface area contributed by atoms with Crippen molar-refractivity contribution in [3.8, 4) is 0 Å². The number of nitrogens with two attached hydrogens (primary N) is 1. The highest BCUT2D eigenvalue weighted by Crippen LogP contribution is 2.04. The Bertz CT molecular complexity index is 450. The number of carboxylic acids is 1. The molecule has 0 aliphatic rings. The number of nitrogens with one attached hydrogen (secondary N) is 3. The summed E-state index contributed by atoms with van der Waals surface area (Å²) in [6.45, 7) is 6.18. The fraction of sp³-hybridized carbons (Fsp3) is 0.714. The molecule has 0 aromatic heterocycles. The van der Waals surface area contributed by atoms with Crippen molar-refractivity contribution in [3.05, 3.63) is 0 Å². The minimum absolute atomic E-state index is 0.0762. The SMILES string of the molecule is CC(C)C(N)C(=O)NC(C(=O)NCC(=O)NCC(=O)O)C(C)C. The van der Waals surface area contributed by atoms with E-state index in [0.29, 0.717) is 0 Å². The van der Waals surface area contributed by atoms with Gasteiger partial charge in [-0.05, 0) is 11.8 Å². The molecule has 0 fully saturated rings. The lowest BCUT2D eigenvalue weighted by Crippen LogP contribution is -2.55. The normalized spacial score (nSPS) is 13.3. The van der Waals surface area contributed by atoms with Crippen molar-refractivity contribution in [1.29, 1.82) is 0 Å². The first kappa shape index (κ1) is 20.8. The molecule has 0 saturated heterocycles. The molecule has 0 aliphatic carbocycles. The average Bonchev–Trinajstić information content (AvgIpc) is 2.46. The molecule has 0 spiro atoms. The summed E-state index contributed by atoms with van der Waals surface area (Å²) in [5.41, 5.74) is 5.74. The molecule has 9 nitrogen and oxygen atoms in total. The van der Waals surface area contributed by atoms with Crippen LogP contribution in [0, 0.1) is 11.8 Å². The van der Waals surface area contributed by atoms with Crippen LogP contribution in [0.4, 0.5) is 0 Å². The Morgan fingerprint density at radius 3 is 1.91 bits per heavy atom. The first-order valence-corrected chi connectivity index (χ1v) is 7.38. The molecule has 9 heteroatoms. The van der Waals surface area contributed by atoms with Gasteiger partial charge in [0.2, 0.25) is 17.7 Å². The highest BCUT2D eigenvalue weighted by Gasteiger charge is 2.27. The summed E-state index contributed by atoms with van der Waals surface area (Å²) in [7, 11) is 0. The Labute approximate surface area is 135 Å². The summed E-state index contributed by atoms with van der Waals surface area (Å²) in [6, 6.07) is -1.57. The Kier molecular flexibility index (Phi) is 8.86. The van der Waals surface area contributed by atoms with Crippen molar-refractivity contribution in [2.24, 2.45) is 17.6 Å². The summed E-state index contributed by atoms with van der Waals surface area (Å²) in [6.07, 6.45) is 0. The van der Waals surface area contributed by atoms with Gasteiger partial charge in [-0.2, -0.15) is 0 Å². The number of hydrogen-bond acceptors (Lipinski definition) is 5. The lowest BCUT2D eigenvalue weighted by atomic mass is 10.0. The van der Waals surface area contributed by atoms with Gasteiger partial charge in [0.15, 0.2) is 0 Å². The number of carbonyl (C=O) groups excluding carboxylic acids is 3. The van der Waals surface area contributed by atoms with Gasteiger partial charge in [0.05, 0.1) is 12.6 Å². The van der Waals surface area contributed by atoms with Crippen molar-refractivity contribution < 1.29 is 24.3 Å². The molecule has 0 radical (unpaired) electrons. The van der Waals surface area contributed by atoms with Crippen LogP contribution in [-0.2, 0) is 19.2 Å². The lowest BCUT2D eigenvalue weighted by Gasteiger charge is -2.24. The van der Waals surface area contributed by atoms with Gasteiger partial charge in [-0.1, -0.05) is 27.7 Å². The van der Waals surface area contributed by atoms with E-state index in [-0.39, 0.29) is 18.4 Å². The maximum Gasteiger partial charge on any atom is 0.322 e. The van der Waals surface area contributed by atoms with Crippen LogP contribution < -0.4 is 21.7 Å². The van der Waals surface area contributed by atoms with Crippen LogP contribution in [0.2, 0.25) is 0 Å². The predicted octanol–water partition coefficient (Wildman–Crippen LogP) is -1.57. The summed E-state index contributed by atoms with van der Waals surface area (Å²) >= 11 is 0. The predicted molar refractivity (Wildman–Crippen MR) is 83.2 cm³/mol. The van der Waals surface area contributed by atoms with Gasteiger partial charge in [-0.3, -0.25) is 19.2 Å². The number of rotatable bonds is 9. The number of hydrogen-bond donors (Lipinski definition) is 5. The zero-order chi connectivity index (χ0) is 18.2. The molecule has 0 saturated carbocycles. The average molecular weight is 330 g/mol. The van der Waals surface area contributed by atoms with Crippen LogP contribution in [0.15, 0.2) is 0 Å². The molecule has 0 bridgehead atoms. The van der Waals surface area contributed by atoms with Gasteiger partial charge in [0.25, 0.3) is 0 Å². The molecule has 23 heavy (non-hydrogen) atoms. The molecule has 6 N–H and O–H groups in total. The van der Waals surface area contributed by atoms with Crippen LogP contribution in [0.3, 0.4) is 0 Å². The molecule has 0 aromatic carbocycles. The third kappa shape index (κ3) is 8.15. The van der Waals surface area contributed by atoms with E-state index >= 15 is 0 Å². The highest BCUT2D eigenvalue weighted by atomic mass is 16.4. The van der Waals surface area contributed by atoms with E-state index in [1.165, 1.54) is 0 Å². The van der Waals surface area contributed by atoms with E-state index < -0.39 is 42.3 Å². The van der Waals surface area contributed by atoms with Crippen molar-refractivity contribution in [2.75, 3.05) is 13.1 Å². The Balaban J connectivity index is 4.55. The van der Waals surface area contributed by atoms with Gasteiger partial charge >= 0.3 is 5.97 Å². The van der Waals surface area contributed by atoms with Crippen LogP contribution in [0.25, 0.3) is 0 Å². The van der Waals surface area contributed by atoms with Gasteiger partial charge in [0.1, 0.15) is 12.6 Å². The standard InChI is InChI=1S/C14H26N4O5/c1-7(2)11(15)13(22)18-12(8(3)4)14(23)17-5-9(19)16-6-10(20)21/h7-8,11-12H,5-6,15H2,1-4H3,(H,16,19)(H,17,23)(H,18,22)(H,20,21). The first-order valence-electron chi connectivity index (χ1n) is 7.38. The molecule has 0 aromatic rings. The second-order valence-electron chi connectivity index (χ2n) is 5.89. The van der Waals surface area contributed by atoms with Crippen molar-refractivity contribution >= 4 is 23.7 Å². The third-order valence-electron chi connectivity index (χ3n) is 3.13. The zero-order valence-corrected chi connectivity index (χ0v) is 13.9. The molecule has 2 atom stereocenters. The van der Waals surface area contributed by atoms with E-state index in [4.69, 9.17) is 10.8 Å². The number of carboxylic acid groups (broad SMARTS) is 1. The minimum atomic E-state index is -1.18. The number of aliphatic carboxylic acids is 1. The summed E-state index contributed by atoms with van der Waals surface area (Å²) in [5.74, 6) is -3.07. The van der Waals surface area contributed by atoms with Crippen molar-refractivity contribution in [2.45, 2.75) is 39.8 Å². The van der Waals surface area contributed by atoms with Crippen LogP contribution in [-0.4, -0.2) is 54.0 Å². The molecule has 132 valence electrons. The van der Waals surface area contributed by atoms with E-state index in [1.54, 1.807) is 27.7 Å². The Morgan fingerprint density at radius 1 is 0.913 bits per heavy atom. The molecule has 0 rings (SSSR count). The third-order valence-corrected chi connectivity index (χ3v) is 3.13. The van der Waals surface area contributed by atoms with E-state index in [9.17, 15) is 19.2 Å². The highest BCUT2D eigenvalue weighted by molar-refractivity contribution is 5.92. The number of carbonyl (C=O) groups is 4. The summed E-state index contributed by atoms with van der Waals surface area (Å²) in [4.78, 5) is 45.7. The van der Waals surface area contributed by atoms with Gasteiger partial charge in [0, 0.05) is 0 Å². The Morgan fingerprint density at radius 2 is 1.48 bits per heavy atom. The molecule has 0 aliphatic heterocycles. The van der Waals surface area contributed by atoms with E-state index in [0.717, 1.165) is 0 Å². The van der Waals surface area contributed by atoms with Crippen LogP contribution >= 0.6 is 0 Å². The quantitative estimate of drug-likeness (QED) is 0.344. The lowest BCUT2D eigenvalue weighted by molar-refractivity contribution is -0.138. The van der Waals surface area contributed by atoms with Gasteiger partial charge < -0.3 is 26.8 Å². The molecule has 3 amide bonds. The van der Waals surface area contributed by atoms with Crippen LogP contribution in [0.5, 0.6) is 0 Å². The molecule has 0 heterocycles.